The summed E-state index contributed by atoms with van der Waals surface area (Å²) in [5.74, 6) is -0.322. The molecule has 1 aliphatic heterocycles. The van der Waals surface area contributed by atoms with Crippen LogP contribution in [0.1, 0.15) is 23.7 Å². The zero-order chi connectivity index (χ0) is 12.4. The Kier molecular flexibility index (Phi) is 3.43. The van der Waals surface area contributed by atoms with E-state index in [0.717, 1.165) is 6.42 Å². The number of hydrogen-bond acceptors (Lipinski definition) is 3. The molecule has 92 valence electrons. The fraction of sp³-hybridized carbons (Fsp3) is 0.462. The third-order valence-electron chi connectivity index (χ3n) is 3.23. The number of carbonyl (C=O) groups excluding carboxylic acids is 1. The molecular weight excluding hydrogens is 221 g/mol. The molecule has 17 heavy (non-hydrogen) atoms. The molecule has 1 N–H and O–H groups in total. The number of nitrogens with zero attached hydrogens (tertiary/aromatic N) is 1. The maximum absolute atomic E-state index is 13.8. The molecule has 1 unspecified atom stereocenters. The van der Waals surface area contributed by atoms with Crippen LogP contribution < -0.4 is 4.90 Å². The second-order valence-electron chi connectivity index (χ2n) is 4.48. The van der Waals surface area contributed by atoms with E-state index in [4.69, 9.17) is 5.11 Å². The molecule has 0 bridgehead atoms. The third-order valence-corrected chi connectivity index (χ3v) is 3.23. The molecule has 3 nitrogen and oxygen atoms in total. The Hall–Kier alpha value is -1.42. The van der Waals surface area contributed by atoms with Crippen molar-refractivity contribution >= 4 is 11.5 Å². The van der Waals surface area contributed by atoms with E-state index in [1.165, 1.54) is 13.0 Å². The molecular formula is C13H16FNO2. The van der Waals surface area contributed by atoms with Gasteiger partial charge in [-0.2, -0.15) is 0 Å². The smallest absolute Gasteiger partial charge is 0.161 e. The van der Waals surface area contributed by atoms with Crippen LogP contribution in [0.2, 0.25) is 0 Å². The Morgan fingerprint density at radius 3 is 2.94 bits per heavy atom. The van der Waals surface area contributed by atoms with Crippen molar-refractivity contribution < 1.29 is 14.3 Å². The number of rotatable bonds is 3. The van der Waals surface area contributed by atoms with Crippen LogP contribution in [0.3, 0.4) is 0 Å². The number of ketones is 1. The quantitative estimate of drug-likeness (QED) is 0.816. The number of aliphatic hydroxyl groups excluding tert-OH is 1. The van der Waals surface area contributed by atoms with Crippen molar-refractivity contribution in [2.24, 2.45) is 5.92 Å². The predicted octanol–water partition coefficient (Wildman–Crippen LogP) is 1.85. The van der Waals surface area contributed by atoms with Gasteiger partial charge in [-0.3, -0.25) is 4.79 Å². The highest BCUT2D eigenvalue weighted by Gasteiger charge is 2.26. The van der Waals surface area contributed by atoms with E-state index >= 15 is 0 Å². The molecule has 0 amide bonds. The third kappa shape index (κ3) is 2.31. The van der Waals surface area contributed by atoms with Gasteiger partial charge in [0.25, 0.3) is 0 Å². The molecule has 2 rings (SSSR count). The van der Waals surface area contributed by atoms with Crippen LogP contribution in [0.5, 0.6) is 0 Å². The first-order chi connectivity index (χ1) is 8.13. The van der Waals surface area contributed by atoms with Crippen molar-refractivity contribution in [3.63, 3.8) is 0 Å². The first kappa shape index (κ1) is 12.0. The summed E-state index contributed by atoms with van der Waals surface area (Å²) in [6, 6.07) is 4.57. The van der Waals surface area contributed by atoms with Gasteiger partial charge in [0.05, 0.1) is 5.69 Å². The van der Waals surface area contributed by atoms with Crippen LogP contribution in [0, 0.1) is 11.7 Å². The van der Waals surface area contributed by atoms with E-state index < -0.39 is 0 Å². The largest absolute Gasteiger partial charge is 0.396 e. The molecule has 1 aromatic rings. The van der Waals surface area contributed by atoms with Crippen LogP contribution in [-0.2, 0) is 0 Å². The van der Waals surface area contributed by atoms with Gasteiger partial charge < -0.3 is 10.0 Å². The highest BCUT2D eigenvalue weighted by molar-refractivity contribution is 5.99. The average molecular weight is 237 g/mol. The Labute approximate surface area is 99.9 Å². The van der Waals surface area contributed by atoms with Crippen molar-refractivity contribution in [2.45, 2.75) is 13.3 Å². The van der Waals surface area contributed by atoms with Gasteiger partial charge in [0.15, 0.2) is 5.78 Å². The van der Waals surface area contributed by atoms with Gasteiger partial charge in [-0.05, 0) is 25.5 Å². The Balaban J connectivity index is 2.34. The van der Waals surface area contributed by atoms with Crippen LogP contribution in [0.4, 0.5) is 10.1 Å². The lowest BCUT2D eigenvalue weighted by Crippen LogP contribution is -2.23. The van der Waals surface area contributed by atoms with Gasteiger partial charge in [0.2, 0.25) is 0 Å². The van der Waals surface area contributed by atoms with E-state index in [9.17, 15) is 9.18 Å². The van der Waals surface area contributed by atoms with Crippen molar-refractivity contribution in [1.82, 2.24) is 0 Å². The lowest BCUT2D eigenvalue weighted by atomic mass is 10.1. The molecule has 0 aliphatic carbocycles. The van der Waals surface area contributed by atoms with Crippen LogP contribution in [0.15, 0.2) is 18.2 Å². The number of halogens is 1. The fourth-order valence-electron chi connectivity index (χ4n) is 2.31. The Morgan fingerprint density at radius 1 is 1.59 bits per heavy atom. The zero-order valence-corrected chi connectivity index (χ0v) is 9.82. The molecule has 0 radical (unpaired) electrons. The minimum atomic E-state index is -0.365. The van der Waals surface area contributed by atoms with E-state index in [2.05, 4.69) is 0 Å². The average Bonchev–Trinajstić information content (AvgIpc) is 2.76. The highest BCUT2D eigenvalue weighted by Crippen LogP contribution is 2.29. The Morgan fingerprint density at radius 2 is 2.35 bits per heavy atom. The van der Waals surface area contributed by atoms with Crippen molar-refractivity contribution in [3.05, 3.63) is 29.6 Å². The molecule has 1 aliphatic rings. The summed E-state index contributed by atoms with van der Waals surface area (Å²) in [4.78, 5) is 13.3. The van der Waals surface area contributed by atoms with E-state index in [-0.39, 0.29) is 24.1 Å². The number of para-hydroxylation sites is 1. The number of hydrogen-bond donors (Lipinski definition) is 1. The summed E-state index contributed by atoms with van der Waals surface area (Å²) in [7, 11) is 0. The van der Waals surface area contributed by atoms with Crippen molar-refractivity contribution in [3.8, 4) is 0 Å². The van der Waals surface area contributed by atoms with Crippen LogP contribution >= 0.6 is 0 Å². The summed E-state index contributed by atoms with van der Waals surface area (Å²) in [6.07, 6.45) is 0.835. The molecule has 1 heterocycles. The fourth-order valence-corrected chi connectivity index (χ4v) is 2.31. The number of anilines is 1. The minimum Gasteiger partial charge on any atom is -0.396 e. The molecule has 0 saturated carbocycles. The van der Waals surface area contributed by atoms with Gasteiger partial charge in [0.1, 0.15) is 5.82 Å². The number of aliphatic hydroxyl groups is 1. The number of carbonyl (C=O) groups is 1. The van der Waals surface area contributed by atoms with E-state index in [1.807, 2.05) is 4.90 Å². The summed E-state index contributed by atoms with van der Waals surface area (Å²) in [5, 5.41) is 9.09. The molecule has 0 aromatic heterocycles. The molecule has 1 aromatic carbocycles. The summed E-state index contributed by atoms with van der Waals surface area (Å²) in [5.41, 5.74) is 0.805. The van der Waals surface area contributed by atoms with Crippen molar-refractivity contribution in [2.75, 3.05) is 24.6 Å². The molecule has 1 atom stereocenters. The SMILES string of the molecule is CC(=O)c1cccc(F)c1N1CCC(CO)C1. The highest BCUT2D eigenvalue weighted by atomic mass is 19.1. The predicted molar refractivity (Wildman–Crippen MR) is 63.8 cm³/mol. The summed E-state index contributed by atoms with van der Waals surface area (Å²) >= 11 is 0. The summed E-state index contributed by atoms with van der Waals surface area (Å²) < 4.78 is 13.8. The molecule has 1 saturated heterocycles. The summed E-state index contributed by atoms with van der Waals surface area (Å²) in [6.45, 7) is 2.85. The molecule has 1 fully saturated rings. The first-order valence-electron chi connectivity index (χ1n) is 5.78. The standard InChI is InChI=1S/C13H16FNO2/c1-9(17)11-3-2-4-12(14)13(11)15-6-5-10(7-15)8-16/h2-4,10,16H,5-8H2,1H3. The minimum absolute atomic E-state index is 0.111. The maximum Gasteiger partial charge on any atom is 0.161 e. The normalized spacial score (nSPS) is 19.7. The van der Waals surface area contributed by atoms with Gasteiger partial charge >= 0.3 is 0 Å². The topological polar surface area (TPSA) is 40.5 Å². The zero-order valence-electron chi connectivity index (χ0n) is 9.82. The second kappa shape index (κ2) is 4.84. The van der Waals surface area contributed by atoms with Crippen molar-refractivity contribution in [1.29, 1.82) is 0 Å². The number of benzene rings is 1. The van der Waals surface area contributed by atoms with E-state index in [0.29, 0.717) is 24.3 Å². The second-order valence-corrected chi connectivity index (χ2v) is 4.48. The van der Waals surface area contributed by atoms with Gasteiger partial charge in [-0.25, -0.2) is 4.39 Å². The van der Waals surface area contributed by atoms with Crippen LogP contribution in [-0.4, -0.2) is 30.6 Å². The van der Waals surface area contributed by atoms with E-state index in [1.54, 1.807) is 12.1 Å². The molecule has 4 heteroatoms. The number of Topliss-reactive ketones (excluding diaryl/α,β-unsaturated/α-hetero) is 1. The lowest BCUT2D eigenvalue weighted by Gasteiger charge is -2.21. The Bertz CT molecular complexity index is 433. The lowest BCUT2D eigenvalue weighted by molar-refractivity contribution is 0.101. The van der Waals surface area contributed by atoms with Gasteiger partial charge in [0, 0.05) is 31.2 Å². The van der Waals surface area contributed by atoms with Crippen LogP contribution in [0.25, 0.3) is 0 Å². The first-order valence-corrected chi connectivity index (χ1v) is 5.78. The monoisotopic (exact) mass is 237 g/mol. The maximum atomic E-state index is 13.8. The van der Waals surface area contributed by atoms with Gasteiger partial charge in [-0.15, -0.1) is 0 Å². The van der Waals surface area contributed by atoms with Gasteiger partial charge in [-0.1, -0.05) is 6.07 Å². The molecule has 0 spiro atoms.